The molecule has 2 amide bonds. The predicted octanol–water partition coefficient (Wildman–Crippen LogP) is 2.51. The lowest BCUT2D eigenvalue weighted by molar-refractivity contribution is -0.125. The number of halogens is 1. The number of benzene rings is 2. The predicted molar refractivity (Wildman–Crippen MR) is 82.8 cm³/mol. The second kappa shape index (κ2) is 7.36. The molecule has 0 aromatic heterocycles. The Bertz CT molecular complexity index is 641. The highest BCUT2D eigenvalue weighted by Gasteiger charge is 2.20. The number of carbonyl (C=O) groups excluding carboxylic acids is 2. The fraction of sp³-hybridized carbons (Fsp3) is 0.176. The minimum Gasteiger partial charge on any atom is -0.344 e. The van der Waals surface area contributed by atoms with Gasteiger partial charge in [0.05, 0.1) is 0 Å². The van der Waals surface area contributed by atoms with Crippen molar-refractivity contribution in [3.8, 4) is 0 Å². The van der Waals surface area contributed by atoms with Crippen molar-refractivity contribution in [2.45, 2.75) is 19.4 Å². The van der Waals surface area contributed by atoms with Crippen molar-refractivity contribution < 1.29 is 14.0 Å². The third kappa shape index (κ3) is 4.70. The Morgan fingerprint density at radius 1 is 1.05 bits per heavy atom. The summed E-state index contributed by atoms with van der Waals surface area (Å²) in [5.74, 6) is -0.949. The van der Waals surface area contributed by atoms with Gasteiger partial charge in [0.15, 0.2) is 0 Å². The molecule has 0 bridgehead atoms. The van der Waals surface area contributed by atoms with Gasteiger partial charge < -0.3 is 10.6 Å². The van der Waals surface area contributed by atoms with E-state index in [1.165, 1.54) is 19.1 Å². The maximum Gasteiger partial charge on any atom is 0.247 e. The van der Waals surface area contributed by atoms with Gasteiger partial charge >= 0.3 is 0 Å². The van der Waals surface area contributed by atoms with E-state index in [4.69, 9.17) is 0 Å². The number of carbonyl (C=O) groups is 2. The fourth-order valence-electron chi connectivity index (χ4n) is 2.06. The van der Waals surface area contributed by atoms with Crippen LogP contribution in [0.25, 0.3) is 0 Å². The van der Waals surface area contributed by atoms with Gasteiger partial charge in [0.1, 0.15) is 11.9 Å². The number of rotatable bonds is 5. The Hall–Kier alpha value is -2.69. The van der Waals surface area contributed by atoms with Gasteiger partial charge in [-0.25, -0.2) is 4.39 Å². The van der Waals surface area contributed by atoms with Crippen LogP contribution in [0.1, 0.15) is 12.5 Å². The maximum atomic E-state index is 12.9. The van der Waals surface area contributed by atoms with Crippen LogP contribution in [0.15, 0.2) is 54.6 Å². The molecule has 0 aliphatic rings. The van der Waals surface area contributed by atoms with E-state index in [1.54, 1.807) is 24.3 Å². The average Bonchev–Trinajstić information content (AvgIpc) is 2.49. The van der Waals surface area contributed by atoms with Crippen LogP contribution in [0.2, 0.25) is 0 Å². The molecular formula is C17H17FN2O2. The van der Waals surface area contributed by atoms with Gasteiger partial charge in [0, 0.05) is 19.0 Å². The Balaban J connectivity index is 2.09. The minimum absolute atomic E-state index is 0.290. The second-order valence-corrected chi connectivity index (χ2v) is 4.94. The lowest BCUT2D eigenvalue weighted by atomic mass is 10.0. The molecule has 0 saturated carbocycles. The average molecular weight is 300 g/mol. The molecule has 0 radical (unpaired) electrons. The molecule has 2 aromatic rings. The van der Waals surface area contributed by atoms with Gasteiger partial charge in [-0.15, -0.1) is 0 Å². The molecule has 1 unspecified atom stereocenters. The van der Waals surface area contributed by atoms with Gasteiger partial charge in [-0.1, -0.05) is 30.3 Å². The summed E-state index contributed by atoms with van der Waals surface area (Å²) in [6, 6.07) is 14.1. The standard InChI is InChI=1S/C17H17FN2O2/c1-12(21)19-16(11-13-7-9-14(18)10-8-13)17(22)20-15-5-3-2-4-6-15/h2-10,16H,11H2,1H3,(H,19,21)(H,20,22). The van der Waals surface area contributed by atoms with Crippen molar-refractivity contribution in [2.24, 2.45) is 0 Å². The normalized spacial score (nSPS) is 11.5. The molecule has 114 valence electrons. The third-order valence-corrected chi connectivity index (χ3v) is 3.09. The van der Waals surface area contributed by atoms with Crippen molar-refractivity contribution >= 4 is 17.5 Å². The molecule has 0 heterocycles. The number of anilines is 1. The first kappa shape index (κ1) is 15.7. The summed E-state index contributed by atoms with van der Waals surface area (Å²) < 4.78 is 12.9. The van der Waals surface area contributed by atoms with Gasteiger partial charge in [0.25, 0.3) is 0 Å². The van der Waals surface area contributed by atoms with Gasteiger partial charge in [0.2, 0.25) is 11.8 Å². The summed E-state index contributed by atoms with van der Waals surface area (Å²) in [7, 11) is 0. The first-order chi connectivity index (χ1) is 10.5. The van der Waals surface area contributed by atoms with Crippen LogP contribution < -0.4 is 10.6 Å². The van der Waals surface area contributed by atoms with E-state index in [1.807, 2.05) is 18.2 Å². The second-order valence-electron chi connectivity index (χ2n) is 4.94. The van der Waals surface area contributed by atoms with E-state index in [-0.39, 0.29) is 17.6 Å². The Morgan fingerprint density at radius 2 is 1.68 bits per heavy atom. The highest BCUT2D eigenvalue weighted by molar-refractivity contribution is 5.97. The van der Waals surface area contributed by atoms with Crippen molar-refractivity contribution in [1.82, 2.24) is 5.32 Å². The maximum absolute atomic E-state index is 12.9. The molecule has 0 aliphatic carbocycles. The van der Waals surface area contributed by atoms with Gasteiger partial charge in [-0.05, 0) is 29.8 Å². The Labute approximate surface area is 128 Å². The van der Waals surface area contributed by atoms with E-state index < -0.39 is 6.04 Å². The van der Waals surface area contributed by atoms with Crippen molar-refractivity contribution in [3.63, 3.8) is 0 Å². The SMILES string of the molecule is CC(=O)NC(Cc1ccc(F)cc1)C(=O)Nc1ccccc1. The molecule has 22 heavy (non-hydrogen) atoms. The van der Waals surface area contributed by atoms with Crippen LogP contribution >= 0.6 is 0 Å². The topological polar surface area (TPSA) is 58.2 Å². The molecule has 5 heteroatoms. The molecule has 1 atom stereocenters. The molecule has 0 fully saturated rings. The van der Waals surface area contributed by atoms with E-state index in [9.17, 15) is 14.0 Å². The molecule has 4 nitrogen and oxygen atoms in total. The number of hydrogen-bond acceptors (Lipinski definition) is 2. The van der Waals surface area contributed by atoms with Crippen LogP contribution in [0.3, 0.4) is 0 Å². The lowest BCUT2D eigenvalue weighted by Gasteiger charge is -2.17. The first-order valence-corrected chi connectivity index (χ1v) is 6.92. The summed E-state index contributed by atoms with van der Waals surface area (Å²) in [5.41, 5.74) is 1.42. The molecule has 0 aliphatic heterocycles. The van der Waals surface area contributed by atoms with Crippen LogP contribution in [0.4, 0.5) is 10.1 Å². The summed E-state index contributed by atoms with van der Waals surface area (Å²) >= 11 is 0. The molecule has 2 aromatic carbocycles. The number of hydrogen-bond donors (Lipinski definition) is 2. The van der Waals surface area contributed by atoms with Crippen LogP contribution in [-0.2, 0) is 16.0 Å². The van der Waals surface area contributed by atoms with Crippen LogP contribution in [-0.4, -0.2) is 17.9 Å². The summed E-state index contributed by atoms with van der Waals surface area (Å²) in [5, 5.41) is 5.37. The lowest BCUT2D eigenvalue weighted by Crippen LogP contribution is -2.44. The van der Waals surface area contributed by atoms with Crippen LogP contribution in [0, 0.1) is 5.82 Å². The molecule has 0 spiro atoms. The highest BCUT2D eigenvalue weighted by Crippen LogP contribution is 2.09. The number of nitrogens with one attached hydrogen (secondary N) is 2. The van der Waals surface area contributed by atoms with E-state index in [0.717, 1.165) is 5.56 Å². The molecular weight excluding hydrogens is 283 g/mol. The fourth-order valence-corrected chi connectivity index (χ4v) is 2.06. The van der Waals surface area contributed by atoms with Crippen LogP contribution in [0.5, 0.6) is 0 Å². The van der Waals surface area contributed by atoms with Crippen molar-refractivity contribution in [3.05, 3.63) is 66.0 Å². The largest absolute Gasteiger partial charge is 0.344 e. The first-order valence-electron chi connectivity index (χ1n) is 6.92. The Kier molecular flexibility index (Phi) is 5.25. The van der Waals surface area contributed by atoms with E-state index in [0.29, 0.717) is 12.1 Å². The zero-order chi connectivity index (χ0) is 15.9. The third-order valence-electron chi connectivity index (χ3n) is 3.09. The number of amides is 2. The number of para-hydroxylation sites is 1. The van der Waals surface area contributed by atoms with Gasteiger partial charge in [-0.2, -0.15) is 0 Å². The smallest absolute Gasteiger partial charge is 0.247 e. The zero-order valence-corrected chi connectivity index (χ0v) is 12.2. The minimum atomic E-state index is -0.719. The van der Waals surface area contributed by atoms with Crippen molar-refractivity contribution in [2.75, 3.05) is 5.32 Å². The quantitative estimate of drug-likeness (QED) is 0.891. The monoisotopic (exact) mass is 300 g/mol. The summed E-state index contributed by atoms with van der Waals surface area (Å²) in [6.07, 6.45) is 0.290. The van der Waals surface area contributed by atoms with Gasteiger partial charge in [-0.3, -0.25) is 9.59 Å². The van der Waals surface area contributed by atoms with Crippen molar-refractivity contribution in [1.29, 1.82) is 0 Å². The summed E-state index contributed by atoms with van der Waals surface area (Å²) in [4.78, 5) is 23.6. The van der Waals surface area contributed by atoms with E-state index in [2.05, 4.69) is 10.6 Å². The Morgan fingerprint density at radius 3 is 2.27 bits per heavy atom. The molecule has 2 rings (SSSR count). The highest BCUT2D eigenvalue weighted by atomic mass is 19.1. The van der Waals surface area contributed by atoms with E-state index >= 15 is 0 Å². The molecule has 0 saturated heterocycles. The summed E-state index contributed by atoms with van der Waals surface area (Å²) in [6.45, 7) is 1.35. The molecule has 2 N–H and O–H groups in total. The zero-order valence-electron chi connectivity index (χ0n) is 12.2.